The molecule has 2 aromatic carbocycles. The average molecular weight is 296 g/mol. The summed E-state index contributed by atoms with van der Waals surface area (Å²) >= 11 is 0. The van der Waals surface area contributed by atoms with Crippen molar-refractivity contribution in [1.29, 1.82) is 0 Å². The molecule has 0 bridgehead atoms. The second-order valence-corrected chi connectivity index (χ2v) is 4.74. The molecule has 0 amide bonds. The highest BCUT2D eigenvalue weighted by Crippen LogP contribution is 2.34. The Morgan fingerprint density at radius 2 is 1.91 bits per heavy atom. The zero-order chi connectivity index (χ0) is 15.4. The predicted molar refractivity (Wildman–Crippen MR) is 83.7 cm³/mol. The summed E-state index contributed by atoms with van der Waals surface area (Å²) in [6.45, 7) is 0.478. The van der Waals surface area contributed by atoms with Crippen LogP contribution in [0.1, 0.15) is 5.56 Å². The molecule has 0 radical (unpaired) electrons. The largest absolute Gasteiger partial charge is 0.493 e. The molecule has 5 nitrogen and oxygen atoms in total. The summed E-state index contributed by atoms with van der Waals surface area (Å²) in [5.74, 6) is 1.58. The van der Waals surface area contributed by atoms with Crippen molar-refractivity contribution >= 4 is 5.88 Å². The zero-order valence-corrected chi connectivity index (χ0v) is 12.2. The van der Waals surface area contributed by atoms with Gasteiger partial charge in [0.25, 0.3) is 0 Å². The van der Waals surface area contributed by atoms with Gasteiger partial charge in [-0.2, -0.15) is 0 Å². The molecule has 0 aliphatic heterocycles. The van der Waals surface area contributed by atoms with E-state index < -0.39 is 0 Å². The fourth-order valence-corrected chi connectivity index (χ4v) is 2.16. The van der Waals surface area contributed by atoms with E-state index in [1.54, 1.807) is 13.3 Å². The number of methoxy groups -OCH3 is 1. The second kappa shape index (κ2) is 6.22. The van der Waals surface area contributed by atoms with Crippen molar-refractivity contribution in [3.63, 3.8) is 0 Å². The first kappa shape index (κ1) is 14.0. The first-order valence-corrected chi connectivity index (χ1v) is 6.83. The van der Waals surface area contributed by atoms with Gasteiger partial charge in [-0.25, -0.2) is 0 Å². The molecule has 2 N–H and O–H groups in total. The standard InChI is InChI=1S/C17H16N2O3/c1-20-16-9-13(14-10-19-22-17(14)18)7-8-15(16)21-11-12-5-3-2-4-6-12/h2-10H,11,18H2,1H3. The lowest BCUT2D eigenvalue weighted by Gasteiger charge is -2.12. The Hall–Kier alpha value is -2.95. The lowest BCUT2D eigenvalue weighted by Crippen LogP contribution is -1.97. The van der Waals surface area contributed by atoms with E-state index in [0.29, 0.717) is 18.1 Å². The van der Waals surface area contributed by atoms with Crippen LogP contribution in [0.4, 0.5) is 5.88 Å². The third kappa shape index (κ3) is 2.88. The smallest absolute Gasteiger partial charge is 0.229 e. The summed E-state index contributed by atoms with van der Waals surface area (Å²) in [5, 5.41) is 3.68. The summed E-state index contributed by atoms with van der Waals surface area (Å²) in [7, 11) is 1.60. The van der Waals surface area contributed by atoms with Crippen molar-refractivity contribution < 1.29 is 14.0 Å². The Balaban J connectivity index is 1.82. The molecule has 0 aliphatic rings. The molecule has 3 rings (SSSR count). The summed E-state index contributed by atoms with van der Waals surface area (Å²) in [4.78, 5) is 0. The van der Waals surface area contributed by atoms with E-state index in [-0.39, 0.29) is 5.88 Å². The number of nitrogen functional groups attached to an aromatic ring is 1. The monoisotopic (exact) mass is 296 g/mol. The maximum Gasteiger partial charge on any atom is 0.229 e. The van der Waals surface area contributed by atoms with E-state index in [2.05, 4.69) is 5.16 Å². The minimum Gasteiger partial charge on any atom is -0.493 e. The van der Waals surface area contributed by atoms with Crippen LogP contribution in [0.25, 0.3) is 11.1 Å². The van der Waals surface area contributed by atoms with Gasteiger partial charge in [0, 0.05) is 0 Å². The van der Waals surface area contributed by atoms with Crippen molar-refractivity contribution in [1.82, 2.24) is 5.16 Å². The van der Waals surface area contributed by atoms with Crippen molar-refractivity contribution in [2.45, 2.75) is 6.61 Å². The van der Waals surface area contributed by atoms with Crippen LogP contribution in [0.3, 0.4) is 0 Å². The van der Waals surface area contributed by atoms with Crippen LogP contribution in [0.5, 0.6) is 11.5 Å². The maximum atomic E-state index is 5.82. The first-order valence-electron chi connectivity index (χ1n) is 6.83. The van der Waals surface area contributed by atoms with Crippen LogP contribution in [0, 0.1) is 0 Å². The molecule has 0 spiro atoms. The third-order valence-electron chi connectivity index (χ3n) is 3.31. The van der Waals surface area contributed by atoms with Crippen molar-refractivity contribution in [2.24, 2.45) is 0 Å². The van der Waals surface area contributed by atoms with Crippen molar-refractivity contribution in [3.8, 4) is 22.6 Å². The Morgan fingerprint density at radius 1 is 1.09 bits per heavy atom. The zero-order valence-electron chi connectivity index (χ0n) is 12.2. The molecular weight excluding hydrogens is 280 g/mol. The number of hydrogen-bond donors (Lipinski definition) is 1. The average Bonchev–Trinajstić information content (AvgIpc) is 3.00. The third-order valence-corrected chi connectivity index (χ3v) is 3.31. The Morgan fingerprint density at radius 3 is 2.59 bits per heavy atom. The number of anilines is 1. The number of aromatic nitrogens is 1. The highest BCUT2D eigenvalue weighted by Gasteiger charge is 2.11. The minimum absolute atomic E-state index is 0.278. The van der Waals surface area contributed by atoms with Gasteiger partial charge in [-0.15, -0.1) is 0 Å². The molecular formula is C17H16N2O3. The van der Waals surface area contributed by atoms with Gasteiger partial charge >= 0.3 is 0 Å². The fourth-order valence-electron chi connectivity index (χ4n) is 2.16. The summed E-state index contributed by atoms with van der Waals surface area (Å²) in [6.07, 6.45) is 1.58. The number of nitrogens with two attached hydrogens (primary N) is 1. The van der Waals surface area contributed by atoms with E-state index in [0.717, 1.165) is 16.7 Å². The van der Waals surface area contributed by atoms with Crippen LogP contribution in [0.15, 0.2) is 59.3 Å². The van der Waals surface area contributed by atoms with E-state index in [1.807, 2.05) is 48.5 Å². The van der Waals surface area contributed by atoms with Gasteiger partial charge in [0.1, 0.15) is 6.61 Å². The van der Waals surface area contributed by atoms with Crippen LogP contribution >= 0.6 is 0 Å². The quantitative estimate of drug-likeness (QED) is 0.780. The molecule has 0 aliphatic carbocycles. The van der Waals surface area contributed by atoms with Gasteiger partial charge in [0.05, 0.1) is 18.9 Å². The lowest BCUT2D eigenvalue weighted by molar-refractivity contribution is 0.284. The van der Waals surface area contributed by atoms with Crippen LogP contribution in [-0.4, -0.2) is 12.3 Å². The molecule has 5 heteroatoms. The highest BCUT2D eigenvalue weighted by molar-refractivity contribution is 5.74. The predicted octanol–water partition coefficient (Wildman–Crippen LogP) is 3.51. The number of rotatable bonds is 5. The maximum absolute atomic E-state index is 5.82. The number of hydrogen-bond acceptors (Lipinski definition) is 5. The summed E-state index contributed by atoms with van der Waals surface area (Å²) < 4.78 is 16.1. The fraction of sp³-hybridized carbons (Fsp3) is 0.118. The molecule has 1 heterocycles. The normalized spacial score (nSPS) is 10.4. The Kier molecular flexibility index (Phi) is 3.96. The summed E-state index contributed by atoms with van der Waals surface area (Å²) in [5.41, 5.74) is 8.42. The van der Waals surface area contributed by atoms with Crippen LogP contribution in [0.2, 0.25) is 0 Å². The molecule has 0 atom stereocenters. The number of nitrogens with zero attached hydrogens (tertiary/aromatic N) is 1. The molecule has 0 saturated heterocycles. The lowest BCUT2D eigenvalue weighted by atomic mass is 10.1. The van der Waals surface area contributed by atoms with Gasteiger partial charge in [0.15, 0.2) is 11.5 Å². The molecule has 112 valence electrons. The van der Waals surface area contributed by atoms with Gasteiger partial charge in [-0.1, -0.05) is 41.6 Å². The molecule has 3 aromatic rings. The number of benzene rings is 2. The van der Waals surface area contributed by atoms with Crippen molar-refractivity contribution in [2.75, 3.05) is 12.8 Å². The van der Waals surface area contributed by atoms with Gasteiger partial charge in [-0.3, -0.25) is 0 Å². The topological polar surface area (TPSA) is 70.5 Å². The van der Waals surface area contributed by atoms with Gasteiger partial charge in [-0.05, 0) is 23.3 Å². The summed E-state index contributed by atoms with van der Waals surface area (Å²) in [6, 6.07) is 15.6. The Labute approximate surface area is 128 Å². The molecule has 22 heavy (non-hydrogen) atoms. The van der Waals surface area contributed by atoms with E-state index in [4.69, 9.17) is 19.7 Å². The highest BCUT2D eigenvalue weighted by atomic mass is 16.5. The number of ether oxygens (including phenoxy) is 2. The van der Waals surface area contributed by atoms with Crippen molar-refractivity contribution in [3.05, 3.63) is 60.3 Å². The van der Waals surface area contributed by atoms with E-state index in [9.17, 15) is 0 Å². The van der Waals surface area contributed by atoms with Gasteiger partial charge < -0.3 is 19.7 Å². The SMILES string of the molecule is COc1cc(-c2cnoc2N)ccc1OCc1ccccc1. The molecule has 0 fully saturated rings. The van der Waals surface area contributed by atoms with E-state index >= 15 is 0 Å². The second-order valence-electron chi connectivity index (χ2n) is 4.74. The van der Waals surface area contributed by atoms with E-state index in [1.165, 1.54) is 0 Å². The molecule has 0 saturated carbocycles. The molecule has 0 unspecified atom stereocenters. The van der Waals surface area contributed by atoms with Crippen LogP contribution < -0.4 is 15.2 Å². The first-order chi connectivity index (χ1) is 10.8. The molecule has 1 aromatic heterocycles. The minimum atomic E-state index is 0.278. The Bertz CT molecular complexity index is 754. The van der Waals surface area contributed by atoms with Gasteiger partial charge in [0.2, 0.25) is 5.88 Å². The van der Waals surface area contributed by atoms with Crippen LogP contribution in [-0.2, 0) is 6.61 Å².